The Bertz CT molecular complexity index is 542. The minimum absolute atomic E-state index is 0.0166. The number of nitrogens with zero attached hydrogens (tertiary/aromatic N) is 2. The molecule has 1 aliphatic carbocycles. The summed E-state index contributed by atoms with van der Waals surface area (Å²) < 4.78 is 27.1. The Hall–Kier alpha value is -1.18. The fourth-order valence-corrected chi connectivity index (χ4v) is 4.53. The van der Waals surface area contributed by atoms with Gasteiger partial charge in [-0.25, -0.2) is 8.42 Å². The van der Waals surface area contributed by atoms with Crippen LogP contribution in [0, 0.1) is 0 Å². The smallest absolute Gasteiger partial charge is 0.246 e. The van der Waals surface area contributed by atoms with E-state index in [2.05, 4.69) is 10.3 Å². The molecular formula is C13H21N3O3S. The molecule has 1 aromatic rings. The van der Waals surface area contributed by atoms with Crippen molar-refractivity contribution >= 4 is 15.7 Å². The molecule has 0 radical (unpaired) electrons. The largest absolute Gasteiger partial charge is 0.395 e. The van der Waals surface area contributed by atoms with Crippen LogP contribution < -0.4 is 5.32 Å². The van der Waals surface area contributed by atoms with Gasteiger partial charge < -0.3 is 10.4 Å². The van der Waals surface area contributed by atoms with E-state index >= 15 is 0 Å². The first-order valence-electron chi connectivity index (χ1n) is 6.85. The van der Waals surface area contributed by atoms with Crippen LogP contribution in [-0.2, 0) is 10.0 Å². The van der Waals surface area contributed by atoms with Crippen LogP contribution in [0.25, 0.3) is 0 Å². The standard InChI is InChI=1S/C13H21N3O3S/c1-14-12-6-7-15-10-13(12)20(18,19)16(8-9-17)11-4-2-3-5-11/h6-7,10-11,17H,2-5,8-9H2,1H3,(H,14,15). The molecule has 2 N–H and O–H groups in total. The van der Waals surface area contributed by atoms with E-state index in [-0.39, 0.29) is 24.1 Å². The molecule has 6 nitrogen and oxygen atoms in total. The monoisotopic (exact) mass is 299 g/mol. The highest BCUT2D eigenvalue weighted by molar-refractivity contribution is 7.89. The van der Waals surface area contributed by atoms with E-state index in [0.29, 0.717) is 5.69 Å². The van der Waals surface area contributed by atoms with Crippen LogP contribution in [0.1, 0.15) is 25.7 Å². The van der Waals surface area contributed by atoms with E-state index in [0.717, 1.165) is 25.7 Å². The lowest BCUT2D eigenvalue weighted by Crippen LogP contribution is -2.40. The van der Waals surface area contributed by atoms with Crippen molar-refractivity contribution in [3.63, 3.8) is 0 Å². The predicted octanol–water partition coefficient (Wildman–Crippen LogP) is 1.05. The molecule has 112 valence electrons. The van der Waals surface area contributed by atoms with E-state index in [4.69, 9.17) is 0 Å². The third-order valence-electron chi connectivity index (χ3n) is 3.69. The lowest BCUT2D eigenvalue weighted by Gasteiger charge is -2.28. The third kappa shape index (κ3) is 2.94. The summed E-state index contributed by atoms with van der Waals surface area (Å²) in [5.74, 6) is 0. The Morgan fingerprint density at radius 1 is 1.45 bits per heavy atom. The molecule has 1 aliphatic rings. The van der Waals surface area contributed by atoms with Gasteiger partial charge in [0.25, 0.3) is 0 Å². The fourth-order valence-electron chi connectivity index (χ4n) is 2.71. The summed E-state index contributed by atoms with van der Waals surface area (Å²) in [6.07, 6.45) is 6.70. The summed E-state index contributed by atoms with van der Waals surface area (Å²) in [7, 11) is -1.96. The summed E-state index contributed by atoms with van der Waals surface area (Å²) >= 11 is 0. The molecule has 2 rings (SSSR count). The van der Waals surface area contributed by atoms with Gasteiger partial charge in [-0.05, 0) is 18.9 Å². The maximum absolute atomic E-state index is 12.8. The second kappa shape index (κ2) is 6.51. The van der Waals surface area contributed by atoms with Crippen molar-refractivity contribution in [2.75, 3.05) is 25.5 Å². The Kier molecular flexibility index (Phi) is 4.95. The lowest BCUT2D eigenvalue weighted by molar-refractivity contribution is 0.226. The molecule has 0 amide bonds. The van der Waals surface area contributed by atoms with Gasteiger partial charge in [0.1, 0.15) is 4.90 Å². The molecule has 1 fully saturated rings. The number of aliphatic hydroxyl groups excluding tert-OH is 1. The lowest BCUT2D eigenvalue weighted by atomic mass is 10.2. The predicted molar refractivity (Wildman–Crippen MR) is 77.0 cm³/mol. The Morgan fingerprint density at radius 2 is 2.15 bits per heavy atom. The summed E-state index contributed by atoms with van der Waals surface area (Å²) in [6.45, 7) is -0.0457. The number of nitrogens with one attached hydrogen (secondary N) is 1. The van der Waals surface area contributed by atoms with Crippen LogP contribution in [0.2, 0.25) is 0 Å². The molecule has 0 aliphatic heterocycles. The van der Waals surface area contributed by atoms with Gasteiger partial charge in [0.2, 0.25) is 10.0 Å². The highest BCUT2D eigenvalue weighted by Crippen LogP contribution is 2.30. The van der Waals surface area contributed by atoms with Gasteiger partial charge in [0, 0.05) is 32.0 Å². The molecule has 1 heterocycles. The Balaban J connectivity index is 2.39. The molecule has 0 atom stereocenters. The van der Waals surface area contributed by atoms with E-state index < -0.39 is 10.0 Å². The van der Waals surface area contributed by atoms with Gasteiger partial charge >= 0.3 is 0 Å². The maximum Gasteiger partial charge on any atom is 0.246 e. The molecule has 0 bridgehead atoms. The summed E-state index contributed by atoms with van der Waals surface area (Å²) in [5.41, 5.74) is 0.529. The average Bonchev–Trinajstić information content (AvgIpc) is 2.98. The number of rotatable bonds is 6. The Labute approximate surface area is 119 Å². The summed E-state index contributed by atoms with van der Waals surface area (Å²) in [4.78, 5) is 4.09. The van der Waals surface area contributed by atoms with E-state index in [9.17, 15) is 13.5 Å². The molecule has 0 saturated heterocycles. The number of aromatic nitrogens is 1. The first-order chi connectivity index (χ1) is 9.61. The molecule has 1 saturated carbocycles. The quantitative estimate of drug-likeness (QED) is 0.820. The molecule has 7 heteroatoms. The van der Waals surface area contributed by atoms with Gasteiger partial charge in [-0.15, -0.1) is 0 Å². The molecular weight excluding hydrogens is 278 g/mol. The van der Waals surface area contributed by atoms with E-state index in [1.54, 1.807) is 19.3 Å². The van der Waals surface area contributed by atoms with E-state index in [1.165, 1.54) is 10.5 Å². The maximum atomic E-state index is 12.8. The first-order valence-corrected chi connectivity index (χ1v) is 8.29. The number of pyridine rings is 1. The summed E-state index contributed by atoms with van der Waals surface area (Å²) in [5, 5.41) is 12.1. The number of sulfonamides is 1. The Morgan fingerprint density at radius 3 is 2.75 bits per heavy atom. The van der Waals surface area contributed by atoms with Crippen molar-refractivity contribution in [3.05, 3.63) is 18.5 Å². The fraction of sp³-hybridized carbons (Fsp3) is 0.615. The van der Waals surface area contributed by atoms with Crippen LogP contribution in [0.15, 0.2) is 23.4 Å². The minimum atomic E-state index is -3.64. The topological polar surface area (TPSA) is 82.5 Å². The first kappa shape index (κ1) is 15.2. The zero-order valence-electron chi connectivity index (χ0n) is 11.6. The van der Waals surface area contributed by atoms with Crippen molar-refractivity contribution in [2.24, 2.45) is 0 Å². The van der Waals surface area contributed by atoms with Crippen molar-refractivity contribution in [1.82, 2.24) is 9.29 Å². The van der Waals surface area contributed by atoms with Gasteiger partial charge in [-0.1, -0.05) is 12.8 Å². The van der Waals surface area contributed by atoms with Crippen LogP contribution in [0.3, 0.4) is 0 Å². The second-order valence-corrected chi connectivity index (χ2v) is 6.76. The molecule has 1 aromatic heterocycles. The van der Waals surface area contributed by atoms with E-state index in [1.807, 2.05) is 0 Å². The normalized spacial score (nSPS) is 16.8. The van der Waals surface area contributed by atoms with Crippen LogP contribution in [0.4, 0.5) is 5.69 Å². The second-order valence-electron chi connectivity index (χ2n) is 4.90. The number of aliphatic hydroxyl groups is 1. The van der Waals surface area contributed by atoms with Gasteiger partial charge in [0.15, 0.2) is 0 Å². The highest BCUT2D eigenvalue weighted by atomic mass is 32.2. The van der Waals surface area contributed by atoms with Gasteiger partial charge in [-0.2, -0.15) is 4.31 Å². The van der Waals surface area contributed by atoms with Crippen LogP contribution >= 0.6 is 0 Å². The minimum Gasteiger partial charge on any atom is -0.395 e. The summed E-state index contributed by atoms with van der Waals surface area (Å²) in [6, 6.07) is 1.62. The average molecular weight is 299 g/mol. The molecule has 0 unspecified atom stereocenters. The number of hydrogen-bond acceptors (Lipinski definition) is 5. The molecule has 0 spiro atoms. The molecule has 0 aromatic carbocycles. The van der Waals surface area contributed by atoms with Crippen molar-refractivity contribution in [2.45, 2.75) is 36.6 Å². The van der Waals surface area contributed by atoms with Crippen molar-refractivity contribution < 1.29 is 13.5 Å². The highest BCUT2D eigenvalue weighted by Gasteiger charge is 2.34. The number of anilines is 1. The van der Waals surface area contributed by atoms with Gasteiger partial charge in [-0.3, -0.25) is 4.98 Å². The number of hydrogen-bond donors (Lipinski definition) is 2. The SMILES string of the molecule is CNc1ccncc1S(=O)(=O)N(CCO)C1CCCC1. The van der Waals surface area contributed by atoms with Gasteiger partial charge in [0.05, 0.1) is 12.3 Å². The van der Waals surface area contributed by atoms with Crippen LogP contribution in [0.5, 0.6) is 0 Å². The molecule has 20 heavy (non-hydrogen) atoms. The van der Waals surface area contributed by atoms with Crippen LogP contribution in [-0.4, -0.2) is 49.1 Å². The van der Waals surface area contributed by atoms with Crippen molar-refractivity contribution in [1.29, 1.82) is 0 Å². The van der Waals surface area contributed by atoms with Crippen molar-refractivity contribution in [3.8, 4) is 0 Å². The zero-order chi connectivity index (χ0) is 14.6. The zero-order valence-corrected chi connectivity index (χ0v) is 12.4. The third-order valence-corrected chi connectivity index (χ3v) is 5.67.